The van der Waals surface area contributed by atoms with E-state index in [1.165, 1.54) is 0 Å². The van der Waals surface area contributed by atoms with E-state index in [9.17, 15) is 4.79 Å². The Balaban J connectivity index is 1.82. The second kappa shape index (κ2) is 5.16. The summed E-state index contributed by atoms with van der Waals surface area (Å²) in [5.41, 5.74) is 1.96. The highest BCUT2D eigenvalue weighted by molar-refractivity contribution is 5.88. The molecule has 5 nitrogen and oxygen atoms in total. The zero-order valence-electron chi connectivity index (χ0n) is 9.53. The summed E-state index contributed by atoms with van der Waals surface area (Å²) in [4.78, 5) is 11.5. The summed E-state index contributed by atoms with van der Waals surface area (Å²) in [6.45, 7) is 2.37. The molecule has 0 spiro atoms. The van der Waals surface area contributed by atoms with Gasteiger partial charge < -0.3 is 5.32 Å². The summed E-state index contributed by atoms with van der Waals surface area (Å²) in [7, 11) is 0. The highest BCUT2D eigenvalue weighted by atomic mass is 16.2. The first-order valence-electron chi connectivity index (χ1n) is 5.35. The van der Waals surface area contributed by atoms with Crippen LogP contribution in [0.3, 0.4) is 0 Å². The molecule has 17 heavy (non-hydrogen) atoms. The van der Waals surface area contributed by atoms with Crippen LogP contribution >= 0.6 is 0 Å². The maximum atomic E-state index is 11.5. The predicted molar refractivity (Wildman–Crippen MR) is 65.6 cm³/mol. The quantitative estimate of drug-likeness (QED) is 0.755. The van der Waals surface area contributed by atoms with Crippen LogP contribution in [0.1, 0.15) is 11.3 Å². The van der Waals surface area contributed by atoms with Crippen molar-refractivity contribution in [1.29, 1.82) is 0 Å². The highest BCUT2D eigenvalue weighted by Crippen LogP contribution is 2.03. The number of hydrogen-bond acceptors (Lipinski definition) is 2. The van der Waals surface area contributed by atoms with Crippen molar-refractivity contribution in [2.24, 2.45) is 0 Å². The van der Waals surface area contributed by atoms with Gasteiger partial charge in [0, 0.05) is 18.3 Å². The van der Waals surface area contributed by atoms with Crippen molar-refractivity contribution < 1.29 is 4.79 Å². The Morgan fingerprint density at radius 3 is 2.76 bits per heavy atom. The minimum Gasteiger partial charge on any atom is -0.334 e. The van der Waals surface area contributed by atoms with Crippen LogP contribution in [-0.2, 0) is 6.54 Å². The second-order valence-electron chi connectivity index (χ2n) is 3.73. The average molecular weight is 230 g/mol. The van der Waals surface area contributed by atoms with Gasteiger partial charge in [-0.3, -0.25) is 10.4 Å². The Kier molecular flexibility index (Phi) is 3.40. The van der Waals surface area contributed by atoms with Crippen molar-refractivity contribution >= 4 is 11.8 Å². The number of aromatic amines is 1. The third-order valence-corrected chi connectivity index (χ3v) is 2.24. The lowest BCUT2D eigenvalue weighted by Crippen LogP contribution is -2.28. The van der Waals surface area contributed by atoms with E-state index in [0.29, 0.717) is 12.4 Å². The molecule has 5 heteroatoms. The smallest absolute Gasteiger partial charge is 0.320 e. The Morgan fingerprint density at radius 1 is 1.35 bits per heavy atom. The number of anilines is 1. The molecule has 0 saturated carbocycles. The number of nitrogens with one attached hydrogen (secondary N) is 3. The van der Waals surface area contributed by atoms with Gasteiger partial charge in [0.25, 0.3) is 0 Å². The number of amides is 2. The fraction of sp³-hybridized carbons (Fsp3) is 0.167. The maximum Gasteiger partial charge on any atom is 0.320 e. The molecule has 2 rings (SSSR count). The molecule has 88 valence electrons. The number of hydrogen-bond donors (Lipinski definition) is 3. The van der Waals surface area contributed by atoms with Crippen LogP contribution in [0.4, 0.5) is 10.6 Å². The van der Waals surface area contributed by atoms with Crippen molar-refractivity contribution in [1.82, 2.24) is 15.5 Å². The molecule has 0 aliphatic rings. The van der Waals surface area contributed by atoms with E-state index in [0.717, 1.165) is 11.3 Å². The standard InChI is InChI=1S/C12H14N4O/c1-9-7-11(16-15-9)14-12(17)13-8-10-5-3-2-4-6-10/h2-7H,8H2,1H3,(H3,13,14,15,16,17). The molecule has 1 heterocycles. The second-order valence-corrected chi connectivity index (χ2v) is 3.73. The fourth-order valence-electron chi connectivity index (χ4n) is 1.42. The molecule has 0 aliphatic carbocycles. The van der Waals surface area contributed by atoms with Crippen molar-refractivity contribution in [3.05, 3.63) is 47.7 Å². The van der Waals surface area contributed by atoms with E-state index in [4.69, 9.17) is 0 Å². The van der Waals surface area contributed by atoms with E-state index in [1.807, 2.05) is 37.3 Å². The number of benzene rings is 1. The molecule has 0 aliphatic heterocycles. The van der Waals surface area contributed by atoms with E-state index >= 15 is 0 Å². The summed E-state index contributed by atoms with van der Waals surface area (Å²) in [6.07, 6.45) is 0. The average Bonchev–Trinajstić information content (AvgIpc) is 2.73. The maximum absolute atomic E-state index is 11.5. The van der Waals surface area contributed by atoms with Crippen LogP contribution in [0.15, 0.2) is 36.4 Å². The molecule has 2 aromatic rings. The van der Waals surface area contributed by atoms with Crippen molar-refractivity contribution in [2.75, 3.05) is 5.32 Å². The predicted octanol–water partition coefficient (Wildman–Crippen LogP) is 2.04. The summed E-state index contributed by atoms with van der Waals surface area (Å²) >= 11 is 0. The van der Waals surface area contributed by atoms with Crippen molar-refractivity contribution in [3.63, 3.8) is 0 Å². The van der Waals surface area contributed by atoms with Gasteiger partial charge in [-0.1, -0.05) is 30.3 Å². The Bertz CT molecular complexity index is 492. The van der Waals surface area contributed by atoms with Crippen LogP contribution in [-0.4, -0.2) is 16.2 Å². The van der Waals surface area contributed by atoms with Gasteiger partial charge in [-0.25, -0.2) is 4.79 Å². The van der Waals surface area contributed by atoms with Gasteiger partial charge in [0.15, 0.2) is 5.82 Å². The first-order chi connectivity index (χ1) is 8.24. The summed E-state index contributed by atoms with van der Waals surface area (Å²) < 4.78 is 0. The van der Waals surface area contributed by atoms with Gasteiger partial charge >= 0.3 is 6.03 Å². The third-order valence-electron chi connectivity index (χ3n) is 2.24. The van der Waals surface area contributed by atoms with E-state index < -0.39 is 0 Å². The molecule has 0 atom stereocenters. The normalized spacial score (nSPS) is 9.94. The Hall–Kier alpha value is -2.30. The lowest BCUT2D eigenvalue weighted by molar-refractivity contribution is 0.251. The minimum atomic E-state index is -0.264. The van der Waals surface area contributed by atoms with E-state index in [1.54, 1.807) is 6.07 Å². The van der Waals surface area contributed by atoms with Gasteiger partial charge in [0.05, 0.1) is 0 Å². The van der Waals surface area contributed by atoms with E-state index in [-0.39, 0.29) is 6.03 Å². The molecule has 1 aromatic heterocycles. The number of H-pyrrole nitrogens is 1. The van der Waals surface area contributed by atoms with Gasteiger partial charge in [-0.2, -0.15) is 5.10 Å². The summed E-state index contributed by atoms with van der Waals surface area (Å²) in [5.74, 6) is 0.521. The molecule has 0 unspecified atom stereocenters. The summed E-state index contributed by atoms with van der Waals surface area (Å²) in [6, 6.07) is 11.2. The zero-order valence-corrected chi connectivity index (χ0v) is 9.53. The molecular weight excluding hydrogens is 216 g/mol. The molecule has 0 bridgehead atoms. The summed E-state index contributed by atoms with van der Waals surface area (Å²) in [5, 5.41) is 12.1. The number of nitrogens with zero attached hydrogens (tertiary/aromatic N) is 1. The number of aromatic nitrogens is 2. The zero-order chi connectivity index (χ0) is 12.1. The van der Waals surface area contributed by atoms with Crippen molar-refractivity contribution in [3.8, 4) is 0 Å². The van der Waals surface area contributed by atoms with Crippen molar-refractivity contribution in [2.45, 2.75) is 13.5 Å². The molecular formula is C12H14N4O. The minimum absolute atomic E-state index is 0.264. The van der Waals surface area contributed by atoms with Gasteiger partial charge in [0.2, 0.25) is 0 Å². The van der Waals surface area contributed by atoms with Gasteiger partial charge in [-0.05, 0) is 12.5 Å². The fourth-order valence-corrected chi connectivity index (χ4v) is 1.42. The van der Waals surface area contributed by atoms with E-state index in [2.05, 4.69) is 20.8 Å². The topological polar surface area (TPSA) is 69.8 Å². The molecule has 0 saturated heterocycles. The lowest BCUT2D eigenvalue weighted by Gasteiger charge is -2.05. The van der Waals surface area contributed by atoms with Crippen LogP contribution in [0.5, 0.6) is 0 Å². The molecule has 0 fully saturated rings. The Morgan fingerprint density at radius 2 is 2.12 bits per heavy atom. The molecule has 0 radical (unpaired) electrons. The van der Waals surface area contributed by atoms with Crippen LogP contribution in [0, 0.1) is 6.92 Å². The van der Waals surface area contributed by atoms with Crippen LogP contribution in [0.2, 0.25) is 0 Å². The molecule has 1 aromatic carbocycles. The first-order valence-corrected chi connectivity index (χ1v) is 5.35. The third kappa shape index (κ3) is 3.34. The molecule has 3 N–H and O–H groups in total. The number of rotatable bonds is 3. The SMILES string of the molecule is Cc1cc(NC(=O)NCc2ccccc2)n[nH]1. The first kappa shape index (κ1) is 11.2. The Labute approximate surface area is 99.2 Å². The number of urea groups is 1. The van der Waals surface area contributed by atoms with Gasteiger partial charge in [0.1, 0.15) is 0 Å². The highest BCUT2D eigenvalue weighted by Gasteiger charge is 2.03. The monoisotopic (exact) mass is 230 g/mol. The van der Waals surface area contributed by atoms with Crippen LogP contribution < -0.4 is 10.6 Å². The number of carbonyl (C=O) groups is 1. The largest absolute Gasteiger partial charge is 0.334 e. The number of aryl methyl sites for hydroxylation is 1. The number of carbonyl (C=O) groups excluding carboxylic acids is 1. The van der Waals surface area contributed by atoms with Gasteiger partial charge in [-0.15, -0.1) is 0 Å². The van der Waals surface area contributed by atoms with Crippen LogP contribution in [0.25, 0.3) is 0 Å². The molecule has 2 amide bonds. The lowest BCUT2D eigenvalue weighted by atomic mass is 10.2.